The molecule has 0 amide bonds. The number of aliphatic hydroxyl groups is 24. The van der Waals surface area contributed by atoms with E-state index in [2.05, 4.69) is 0 Å². The SMILES string of the molecule is OC[C@H]1OC2O[C@H]3[C@H](O)[C@@H](O)C(C[C@H]4[C@H](O)[C@@H](O)C(O[C@H]5[C@H](O)[C@@H](O)C(O[C@H]6[C@H](O)[C@@H](O)C(O[C@H]7[C@H](O)[C@@H](O)C(O[C@H]8[C@H](O)[C@@H](O)C(O[C@H]9[C@H](O)[C@@H](O)C(C[C@H]1[C@H](O)[C@H]2O)O[C@@H]9CO)O[C@@H]8CO)O[C@@H]7CO)O[C@@H]6CO)O[C@@H]5CO)O[C@@H]4CO)O[C@@H]3CO. The standard InChI is InChI=1S/C50H84O38/c51-3-15-11-1-14-26(62)28(64)40(18(6-54)76-14)84-47-35(71)30(66)42(20(8-56)79-47)86-49-37(73)32(68)44(22(10-58)81-49)88-50-38(74)31(67)43(21(9-57)82-50)87-48-36(72)29(65)41(19(7-55)80-48)85-46-34(70)24(60)12(16(4-52)78-46)2-13-25(61)27(63)39(17(5-53)75-13)83-45(77-15)33(69)23(11)59/h11-74H,1-10H2/t11-,12-,13?,14?,15-,16-,17-,18-,19-,20-,21-,22-,23+,24+,25+,26+,27-,28-,29-,30-,31-,32-,33-,34-,35-,36-,37-,38-,39-,40-,41-,42-,43-,44-,45?,46?,47?,48?,49?,50?/m1/s1. The molecule has 88 heavy (non-hydrogen) atoms. The Bertz CT molecular complexity index is 1700. The van der Waals surface area contributed by atoms with E-state index in [1.165, 1.54) is 0 Å². The summed E-state index contributed by atoms with van der Waals surface area (Å²) in [6.45, 7) is -8.08. The lowest BCUT2D eigenvalue weighted by Crippen LogP contribution is -2.68. The topological polar surface area (TPSA) is 615 Å². The molecule has 0 aromatic heterocycles. The Kier molecular flexibility index (Phi) is 24.2. The second-order valence-corrected chi connectivity index (χ2v) is 23.4. The van der Waals surface area contributed by atoms with E-state index in [9.17, 15) is 123 Å². The molecule has 38 heteroatoms. The minimum Gasteiger partial charge on any atom is -0.394 e. The molecule has 24 N–H and O–H groups in total. The highest BCUT2D eigenvalue weighted by molar-refractivity contribution is 5.04. The van der Waals surface area contributed by atoms with Crippen molar-refractivity contribution in [2.75, 3.05) is 52.9 Å². The number of aliphatic hydroxyl groups excluding tert-OH is 24. The Morgan fingerprint density at radius 3 is 0.557 bits per heavy atom. The van der Waals surface area contributed by atoms with Crippen LogP contribution in [0.2, 0.25) is 0 Å². The lowest BCUT2D eigenvalue weighted by molar-refractivity contribution is -0.395. The van der Waals surface area contributed by atoms with Gasteiger partial charge in [-0.05, 0) is 12.8 Å². The highest BCUT2D eigenvalue weighted by Gasteiger charge is 2.60. The van der Waals surface area contributed by atoms with Gasteiger partial charge in [-0.15, -0.1) is 0 Å². The van der Waals surface area contributed by atoms with Gasteiger partial charge in [0.1, 0.15) is 159 Å². The van der Waals surface area contributed by atoms with Gasteiger partial charge in [0.2, 0.25) is 0 Å². The van der Waals surface area contributed by atoms with Crippen molar-refractivity contribution >= 4 is 0 Å². The molecule has 0 radical (unpaired) electrons. The summed E-state index contributed by atoms with van der Waals surface area (Å²) in [6, 6.07) is 0. The zero-order valence-electron chi connectivity index (χ0n) is 46.6. The number of rotatable bonds is 8. The van der Waals surface area contributed by atoms with Gasteiger partial charge in [0.05, 0.1) is 89.5 Å². The average molecular weight is 1290 g/mol. The van der Waals surface area contributed by atoms with Crippen LogP contribution in [0.25, 0.3) is 0 Å². The average Bonchev–Trinajstić information content (AvgIpc) is 1.09. The summed E-state index contributed by atoms with van der Waals surface area (Å²) in [5, 5.41) is 266. The smallest absolute Gasteiger partial charge is 0.187 e. The van der Waals surface area contributed by atoms with Crippen molar-refractivity contribution in [3.63, 3.8) is 0 Å². The first kappa shape index (κ1) is 70.8. The first-order valence-corrected chi connectivity index (χ1v) is 28.8. The zero-order valence-corrected chi connectivity index (χ0v) is 46.6. The first-order chi connectivity index (χ1) is 41.9. The van der Waals surface area contributed by atoms with E-state index in [1.54, 1.807) is 0 Å². The van der Waals surface area contributed by atoms with Gasteiger partial charge < -0.3 is 189 Å². The zero-order chi connectivity index (χ0) is 64.1. The third-order valence-electron chi connectivity index (χ3n) is 18.0. The molecule has 0 aromatic carbocycles. The Morgan fingerprint density at radius 1 is 0.182 bits per heavy atom. The molecular weight excluding hydrogens is 1210 g/mol. The van der Waals surface area contributed by atoms with Crippen LogP contribution in [0.3, 0.4) is 0 Å². The fourth-order valence-electron chi connectivity index (χ4n) is 13.0. The summed E-state index contributed by atoms with van der Waals surface area (Å²) in [7, 11) is 0. The van der Waals surface area contributed by atoms with E-state index in [1.807, 2.05) is 0 Å². The van der Waals surface area contributed by atoms with Crippen LogP contribution in [0.1, 0.15) is 12.8 Å². The molecule has 40 atom stereocenters. The molecule has 30 rings (SSSR count). The van der Waals surface area contributed by atoms with Crippen LogP contribution in [0.15, 0.2) is 0 Å². The van der Waals surface area contributed by atoms with Gasteiger partial charge >= 0.3 is 0 Å². The van der Waals surface area contributed by atoms with E-state index in [0.717, 1.165) is 0 Å². The third-order valence-corrected chi connectivity index (χ3v) is 18.0. The van der Waals surface area contributed by atoms with Crippen LogP contribution in [0.5, 0.6) is 0 Å². The van der Waals surface area contributed by atoms with Crippen LogP contribution >= 0.6 is 0 Å². The molecule has 0 saturated carbocycles. The molecule has 38 nitrogen and oxygen atoms in total. The summed E-state index contributed by atoms with van der Waals surface area (Å²) >= 11 is 0. The maximum atomic E-state index is 11.5. The van der Waals surface area contributed by atoms with Crippen LogP contribution in [0.4, 0.5) is 0 Å². The summed E-state index contributed by atoms with van der Waals surface area (Å²) < 4.78 is 80.8. The number of hydrogen-bond acceptors (Lipinski definition) is 38. The molecule has 30 saturated heterocycles. The van der Waals surface area contributed by atoms with Gasteiger partial charge in [-0.1, -0.05) is 0 Å². The highest BCUT2D eigenvalue weighted by Crippen LogP contribution is 2.42. The van der Waals surface area contributed by atoms with Crippen molar-refractivity contribution in [3.05, 3.63) is 0 Å². The van der Waals surface area contributed by atoms with Gasteiger partial charge in [-0.3, -0.25) is 0 Å². The van der Waals surface area contributed by atoms with Crippen molar-refractivity contribution < 1.29 is 189 Å². The molecule has 30 fully saturated rings. The fourth-order valence-corrected chi connectivity index (χ4v) is 13.0. The van der Waals surface area contributed by atoms with Crippen LogP contribution in [0, 0.1) is 11.8 Å². The predicted octanol–water partition coefficient (Wildman–Crippen LogP) is -16.1. The Morgan fingerprint density at radius 2 is 0.352 bits per heavy atom. The van der Waals surface area contributed by atoms with E-state index in [0.29, 0.717) is 0 Å². The largest absolute Gasteiger partial charge is 0.394 e. The molecule has 30 heterocycles. The summed E-state index contributed by atoms with van der Waals surface area (Å²) in [5.41, 5.74) is 0. The van der Waals surface area contributed by atoms with Crippen molar-refractivity contribution in [1.29, 1.82) is 0 Å². The van der Waals surface area contributed by atoms with Crippen LogP contribution in [-0.4, -0.2) is 408 Å². The molecule has 16 bridgehead atoms. The molecule has 512 valence electrons. The third kappa shape index (κ3) is 13.8. The summed E-state index contributed by atoms with van der Waals surface area (Å²) in [5.74, 6) is -2.81. The van der Waals surface area contributed by atoms with E-state index >= 15 is 0 Å². The van der Waals surface area contributed by atoms with E-state index in [-0.39, 0.29) is 0 Å². The molecule has 0 spiro atoms. The summed E-state index contributed by atoms with van der Waals surface area (Å²) in [4.78, 5) is 0. The normalized spacial score (nSPS) is 55.4. The second-order valence-electron chi connectivity index (χ2n) is 23.4. The fraction of sp³-hybridized carbons (Fsp3) is 1.00. The van der Waals surface area contributed by atoms with Gasteiger partial charge in [-0.25, -0.2) is 0 Å². The molecule has 0 aromatic rings. The van der Waals surface area contributed by atoms with Crippen LogP contribution < -0.4 is 0 Å². The lowest BCUT2D eigenvalue weighted by Gasteiger charge is -2.51. The van der Waals surface area contributed by atoms with Gasteiger partial charge in [-0.2, -0.15) is 0 Å². The highest BCUT2D eigenvalue weighted by atomic mass is 16.8. The first-order valence-electron chi connectivity index (χ1n) is 28.8. The summed E-state index contributed by atoms with van der Waals surface area (Å²) in [6.07, 6.45) is -75.0. The molecule has 8 unspecified atom stereocenters. The monoisotopic (exact) mass is 1290 g/mol. The minimum atomic E-state index is -2.23. The van der Waals surface area contributed by atoms with E-state index < -0.39 is 311 Å². The van der Waals surface area contributed by atoms with Gasteiger partial charge in [0.25, 0.3) is 0 Å². The number of hydrogen-bond donors (Lipinski definition) is 24. The Labute approximate surface area is 498 Å². The molecule has 30 aliphatic heterocycles. The minimum absolute atomic E-state index is 0.566. The van der Waals surface area contributed by atoms with Crippen molar-refractivity contribution in [2.45, 2.75) is 246 Å². The molecular formula is C50H84O38. The van der Waals surface area contributed by atoms with Crippen LogP contribution in [-0.2, 0) is 66.3 Å². The van der Waals surface area contributed by atoms with Gasteiger partial charge in [0.15, 0.2) is 37.7 Å². The van der Waals surface area contributed by atoms with Crippen molar-refractivity contribution in [2.24, 2.45) is 11.8 Å². The maximum Gasteiger partial charge on any atom is 0.187 e. The Hall–Kier alpha value is -1.52. The second kappa shape index (κ2) is 30.1. The molecule has 30 aliphatic rings. The number of ether oxygens (including phenoxy) is 14. The lowest BCUT2D eigenvalue weighted by atomic mass is 9.81. The Balaban J connectivity index is 0.975. The predicted molar refractivity (Wildman–Crippen MR) is 268 cm³/mol. The maximum absolute atomic E-state index is 11.5. The molecule has 0 aliphatic carbocycles. The van der Waals surface area contributed by atoms with Gasteiger partial charge in [0, 0.05) is 11.8 Å². The van der Waals surface area contributed by atoms with Crippen molar-refractivity contribution in [3.8, 4) is 0 Å². The van der Waals surface area contributed by atoms with E-state index in [4.69, 9.17) is 66.3 Å². The quantitative estimate of drug-likeness (QED) is 0.107. The van der Waals surface area contributed by atoms with Crippen molar-refractivity contribution in [1.82, 2.24) is 0 Å².